The van der Waals surface area contributed by atoms with E-state index in [9.17, 15) is 14.0 Å². The van der Waals surface area contributed by atoms with Crippen molar-refractivity contribution in [1.82, 2.24) is 5.32 Å². The van der Waals surface area contributed by atoms with Crippen molar-refractivity contribution in [1.29, 1.82) is 0 Å². The topological polar surface area (TPSA) is 79.5 Å². The zero-order chi connectivity index (χ0) is 16.8. The largest absolute Gasteiger partial charge is 0.478 e. The third kappa shape index (κ3) is 5.14. The number of carboxylic acid groups (broad SMARTS) is 1. The molecule has 1 amide bonds. The predicted octanol–water partition coefficient (Wildman–Crippen LogP) is 3.22. The Bertz CT molecular complexity index is 697. The first-order valence-corrected chi connectivity index (χ1v) is 7.92. The number of benzene rings is 1. The lowest BCUT2D eigenvalue weighted by atomic mass is 10.2. The van der Waals surface area contributed by atoms with E-state index in [0.717, 1.165) is 4.90 Å². The summed E-state index contributed by atoms with van der Waals surface area (Å²) >= 11 is 1.46. The quantitative estimate of drug-likeness (QED) is 0.758. The minimum atomic E-state index is -1.06. The molecule has 0 atom stereocenters. The molecule has 1 heterocycles. The number of aryl methyl sites for hydroxylation is 1. The first-order valence-electron chi connectivity index (χ1n) is 6.93. The van der Waals surface area contributed by atoms with Crippen LogP contribution in [-0.4, -0.2) is 22.7 Å². The van der Waals surface area contributed by atoms with Gasteiger partial charge in [-0.05, 0) is 37.3 Å². The molecule has 23 heavy (non-hydrogen) atoms. The summed E-state index contributed by atoms with van der Waals surface area (Å²) in [5.41, 5.74) is 0.0983. The number of amides is 1. The zero-order valence-electron chi connectivity index (χ0n) is 12.5. The van der Waals surface area contributed by atoms with E-state index in [0.29, 0.717) is 23.7 Å². The number of carbonyl (C=O) groups is 2. The number of rotatable bonds is 7. The number of halogens is 1. The van der Waals surface area contributed by atoms with Crippen LogP contribution in [0.15, 0.2) is 39.6 Å². The fourth-order valence-corrected chi connectivity index (χ4v) is 2.76. The summed E-state index contributed by atoms with van der Waals surface area (Å²) in [5.74, 6) is -0.227. The second kappa shape index (κ2) is 7.82. The molecule has 0 aliphatic carbocycles. The molecule has 122 valence electrons. The standard InChI is InChI=1S/C16H16FNO4S/c1-10-14(16(20)21)8-12(22-10)9-18-15(19)6-7-23-13-4-2-11(17)3-5-13/h2-5,8H,6-7,9H2,1H3,(H,18,19)(H,20,21). The third-order valence-corrected chi connectivity index (χ3v) is 4.08. The molecule has 0 saturated carbocycles. The molecule has 7 heteroatoms. The molecule has 1 aromatic heterocycles. The SMILES string of the molecule is Cc1oc(CNC(=O)CCSc2ccc(F)cc2)cc1C(=O)O. The molecule has 2 aromatic rings. The van der Waals surface area contributed by atoms with E-state index in [-0.39, 0.29) is 23.8 Å². The second-order valence-corrected chi connectivity index (χ2v) is 5.99. The highest BCUT2D eigenvalue weighted by atomic mass is 32.2. The average molecular weight is 337 g/mol. The van der Waals surface area contributed by atoms with Gasteiger partial charge in [-0.25, -0.2) is 9.18 Å². The average Bonchev–Trinajstić information content (AvgIpc) is 2.88. The van der Waals surface area contributed by atoms with Crippen LogP contribution < -0.4 is 5.32 Å². The summed E-state index contributed by atoms with van der Waals surface area (Å²) in [6.45, 7) is 1.71. The summed E-state index contributed by atoms with van der Waals surface area (Å²) in [5, 5.41) is 11.6. The van der Waals surface area contributed by atoms with Gasteiger partial charge < -0.3 is 14.8 Å². The van der Waals surface area contributed by atoms with Crippen LogP contribution in [0.25, 0.3) is 0 Å². The Labute approximate surface area is 136 Å². The lowest BCUT2D eigenvalue weighted by Crippen LogP contribution is -2.22. The highest BCUT2D eigenvalue weighted by Crippen LogP contribution is 2.19. The molecule has 1 aromatic carbocycles. The van der Waals surface area contributed by atoms with Crippen LogP contribution in [0, 0.1) is 12.7 Å². The normalized spacial score (nSPS) is 10.5. The molecule has 0 unspecified atom stereocenters. The van der Waals surface area contributed by atoms with Gasteiger partial charge in [-0.2, -0.15) is 0 Å². The lowest BCUT2D eigenvalue weighted by molar-refractivity contribution is -0.120. The van der Waals surface area contributed by atoms with Crippen molar-refractivity contribution in [3.63, 3.8) is 0 Å². The molecule has 2 N–H and O–H groups in total. The third-order valence-electron chi connectivity index (χ3n) is 3.07. The summed E-state index contributed by atoms with van der Waals surface area (Å²) in [7, 11) is 0. The summed E-state index contributed by atoms with van der Waals surface area (Å²) < 4.78 is 18.0. The van der Waals surface area contributed by atoms with Gasteiger partial charge in [0.1, 0.15) is 22.9 Å². The van der Waals surface area contributed by atoms with E-state index in [1.165, 1.54) is 30.0 Å². The van der Waals surface area contributed by atoms with E-state index in [4.69, 9.17) is 9.52 Å². The van der Waals surface area contributed by atoms with Crippen molar-refractivity contribution >= 4 is 23.6 Å². The maximum Gasteiger partial charge on any atom is 0.339 e. The van der Waals surface area contributed by atoms with Crippen LogP contribution in [0.2, 0.25) is 0 Å². The molecule has 5 nitrogen and oxygen atoms in total. The molecule has 0 spiro atoms. The monoisotopic (exact) mass is 337 g/mol. The molecule has 0 fully saturated rings. The number of carbonyl (C=O) groups excluding carboxylic acids is 1. The highest BCUT2D eigenvalue weighted by molar-refractivity contribution is 7.99. The van der Waals surface area contributed by atoms with E-state index >= 15 is 0 Å². The Morgan fingerprint density at radius 1 is 1.30 bits per heavy atom. The van der Waals surface area contributed by atoms with Crippen LogP contribution in [0.5, 0.6) is 0 Å². The Hall–Kier alpha value is -2.28. The van der Waals surface area contributed by atoms with E-state index in [2.05, 4.69) is 5.32 Å². The fourth-order valence-electron chi connectivity index (χ4n) is 1.91. The second-order valence-electron chi connectivity index (χ2n) is 4.82. The summed E-state index contributed by atoms with van der Waals surface area (Å²) in [6, 6.07) is 7.49. The molecule has 0 bridgehead atoms. The fraction of sp³-hybridized carbons (Fsp3) is 0.250. The highest BCUT2D eigenvalue weighted by Gasteiger charge is 2.14. The van der Waals surface area contributed by atoms with Crippen molar-refractivity contribution in [2.24, 2.45) is 0 Å². The molecule has 0 saturated heterocycles. The van der Waals surface area contributed by atoms with Crippen LogP contribution in [-0.2, 0) is 11.3 Å². The van der Waals surface area contributed by atoms with Gasteiger partial charge in [-0.3, -0.25) is 4.79 Å². The predicted molar refractivity (Wildman–Crippen MR) is 84.0 cm³/mol. The lowest BCUT2D eigenvalue weighted by Gasteiger charge is -2.03. The number of hydrogen-bond acceptors (Lipinski definition) is 4. The molecule has 0 aliphatic rings. The maximum atomic E-state index is 12.8. The van der Waals surface area contributed by atoms with Crippen LogP contribution >= 0.6 is 11.8 Å². The van der Waals surface area contributed by atoms with Crippen molar-refractivity contribution in [2.75, 3.05) is 5.75 Å². The van der Waals surface area contributed by atoms with Gasteiger partial charge in [-0.1, -0.05) is 0 Å². The van der Waals surface area contributed by atoms with Gasteiger partial charge in [0.25, 0.3) is 0 Å². The van der Waals surface area contributed by atoms with E-state index in [1.807, 2.05) is 0 Å². The Kier molecular flexibility index (Phi) is 5.81. The smallest absolute Gasteiger partial charge is 0.339 e. The maximum absolute atomic E-state index is 12.8. The van der Waals surface area contributed by atoms with E-state index < -0.39 is 5.97 Å². The van der Waals surface area contributed by atoms with Gasteiger partial charge >= 0.3 is 5.97 Å². The van der Waals surface area contributed by atoms with Crippen LogP contribution in [0.3, 0.4) is 0 Å². The van der Waals surface area contributed by atoms with Gasteiger partial charge in [0.05, 0.1) is 6.54 Å². The van der Waals surface area contributed by atoms with Gasteiger partial charge in [-0.15, -0.1) is 11.8 Å². The zero-order valence-corrected chi connectivity index (χ0v) is 13.3. The van der Waals surface area contributed by atoms with Crippen molar-refractivity contribution in [3.05, 3.63) is 53.2 Å². The number of furan rings is 1. The molecular weight excluding hydrogens is 321 g/mol. The van der Waals surface area contributed by atoms with Gasteiger partial charge in [0.2, 0.25) is 5.91 Å². The number of hydrogen-bond donors (Lipinski definition) is 2. The van der Waals surface area contributed by atoms with Crippen molar-refractivity contribution in [2.45, 2.75) is 24.8 Å². The van der Waals surface area contributed by atoms with Crippen molar-refractivity contribution in [3.8, 4) is 0 Å². The van der Waals surface area contributed by atoms with Gasteiger partial charge in [0.15, 0.2) is 0 Å². The molecular formula is C16H16FNO4S. The van der Waals surface area contributed by atoms with Crippen LogP contribution in [0.1, 0.15) is 28.3 Å². The first-order chi connectivity index (χ1) is 11.0. The Balaban J connectivity index is 1.73. The van der Waals surface area contributed by atoms with Gasteiger partial charge in [0, 0.05) is 17.1 Å². The van der Waals surface area contributed by atoms with Crippen molar-refractivity contribution < 1.29 is 23.5 Å². The number of thioether (sulfide) groups is 1. The molecule has 0 aliphatic heterocycles. The number of carboxylic acids is 1. The minimum absolute atomic E-state index is 0.0983. The Morgan fingerprint density at radius 2 is 2.00 bits per heavy atom. The molecule has 2 rings (SSSR count). The van der Waals surface area contributed by atoms with Crippen LogP contribution in [0.4, 0.5) is 4.39 Å². The number of nitrogens with one attached hydrogen (secondary N) is 1. The minimum Gasteiger partial charge on any atom is -0.478 e. The molecule has 0 radical (unpaired) electrons. The Morgan fingerprint density at radius 3 is 2.61 bits per heavy atom. The first kappa shape index (κ1) is 17.1. The summed E-state index contributed by atoms with van der Waals surface area (Å²) in [6.07, 6.45) is 0.299. The number of aromatic carboxylic acids is 1. The van der Waals surface area contributed by atoms with E-state index in [1.54, 1.807) is 19.1 Å². The summed E-state index contributed by atoms with van der Waals surface area (Å²) in [4.78, 5) is 23.5.